The SMILES string of the molecule is CCC1C(C(C)=C(C)C)=C(C)[Si]1(C)C. The van der Waals surface area contributed by atoms with Crippen molar-refractivity contribution in [2.45, 2.75) is 59.7 Å². The summed E-state index contributed by atoms with van der Waals surface area (Å²) < 4.78 is 0. The van der Waals surface area contributed by atoms with Gasteiger partial charge in [0, 0.05) is 0 Å². The van der Waals surface area contributed by atoms with Gasteiger partial charge >= 0.3 is 0 Å². The van der Waals surface area contributed by atoms with Crippen LogP contribution in [0.3, 0.4) is 0 Å². The van der Waals surface area contributed by atoms with Crippen molar-refractivity contribution >= 4 is 8.07 Å². The summed E-state index contributed by atoms with van der Waals surface area (Å²) in [5, 5.41) is 1.74. The molecule has 0 aromatic rings. The van der Waals surface area contributed by atoms with Gasteiger partial charge in [-0.15, -0.1) is 0 Å². The number of rotatable bonds is 2. The summed E-state index contributed by atoms with van der Waals surface area (Å²) in [7, 11) is -1.01. The molecule has 0 amide bonds. The van der Waals surface area contributed by atoms with Crippen LogP contribution in [0.2, 0.25) is 18.6 Å². The average molecular weight is 208 g/mol. The molecule has 0 saturated carbocycles. The summed E-state index contributed by atoms with van der Waals surface area (Å²) in [4.78, 5) is 0. The fraction of sp³-hybridized carbons (Fsp3) is 0.692. The van der Waals surface area contributed by atoms with Crippen molar-refractivity contribution in [1.29, 1.82) is 0 Å². The van der Waals surface area contributed by atoms with E-state index in [0.29, 0.717) is 0 Å². The average Bonchev–Trinajstić information content (AvgIpc) is 2.11. The molecule has 0 aromatic carbocycles. The summed E-state index contributed by atoms with van der Waals surface area (Å²) >= 11 is 0. The Bertz CT molecular complexity index is 301. The highest BCUT2D eigenvalue weighted by atomic mass is 28.3. The molecular formula is C13H24Si. The molecule has 0 aromatic heterocycles. The largest absolute Gasteiger partial charge is 0.0828 e. The molecule has 0 spiro atoms. The van der Waals surface area contributed by atoms with E-state index in [1.165, 1.54) is 12.0 Å². The van der Waals surface area contributed by atoms with Gasteiger partial charge in [-0.3, -0.25) is 0 Å². The van der Waals surface area contributed by atoms with Gasteiger partial charge in [0.25, 0.3) is 0 Å². The van der Waals surface area contributed by atoms with Crippen LogP contribution in [0.4, 0.5) is 0 Å². The van der Waals surface area contributed by atoms with E-state index in [9.17, 15) is 0 Å². The maximum absolute atomic E-state index is 2.51. The van der Waals surface area contributed by atoms with Gasteiger partial charge < -0.3 is 0 Å². The quantitative estimate of drug-likeness (QED) is 0.577. The molecule has 1 heteroatoms. The molecule has 0 aliphatic carbocycles. The molecule has 14 heavy (non-hydrogen) atoms. The van der Waals surface area contributed by atoms with Gasteiger partial charge in [-0.05, 0) is 44.4 Å². The summed E-state index contributed by atoms with van der Waals surface area (Å²) in [6.07, 6.45) is 1.33. The molecule has 1 heterocycles. The van der Waals surface area contributed by atoms with Crippen LogP contribution >= 0.6 is 0 Å². The Labute approximate surface area is 90.1 Å². The number of allylic oxidation sites excluding steroid dienone is 4. The van der Waals surface area contributed by atoms with E-state index >= 15 is 0 Å². The van der Waals surface area contributed by atoms with Crippen LogP contribution in [0.15, 0.2) is 21.9 Å². The van der Waals surface area contributed by atoms with E-state index in [-0.39, 0.29) is 0 Å². The first-order valence-electron chi connectivity index (χ1n) is 5.69. The Kier molecular flexibility index (Phi) is 3.10. The lowest BCUT2D eigenvalue weighted by Gasteiger charge is -2.47. The lowest BCUT2D eigenvalue weighted by Crippen LogP contribution is -2.45. The van der Waals surface area contributed by atoms with E-state index in [0.717, 1.165) is 5.54 Å². The highest BCUT2D eigenvalue weighted by Crippen LogP contribution is 2.52. The molecular weight excluding hydrogens is 184 g/mol. The second-order valence-electron chi connectivity index (χ2n) is 5.35. The Morgan fingerprint density at radius 1 is 1.21 bits per heavy atom. The molecule has 1 rings (SSSR count). The van der Waals surface area contributed by atoms with Gasteiger partial charge in [0.05, 0.1) is 8.07 Å². The van der Waals surface area contributed by atoms with Gasteiger partial charge in [0.2, 0.25) is 0 Å². The van der Waals surface area contributed by atoms with Crippen LogP contribution in [0, 0.1) is 0 Å². The molecule has 0 N–H and O–H groups in total. The predicted octanol–water partition coefficient (Wildman–Crippen LogP) is 4.70. The zero-order valence-electron chi connectivity index (χ0n) is 10.8. The van der Waals surface area contributed by atoms with Crippen molar-refractivity contribution in [2.24, 2.45) is 0 Å². The molecule has 1 unspecified atom stereocenters. The van der Waals surface area contributed by atoms with E-state index in [4.69, 9.17) is 0 Å². The first-order valence-corrected chi connectivity index (χ1v) is 8.77. The van der Waals surface area contributed by atoms with Crippen LogP contribution in [0.25, 0.3) is 0 Å². The van der Waals surface area contributed by atoms with E-state index < -0.39 is 8.07 Å². The van der Waals surface area contributed by atoms with Gasteiger partial charge in [-0.2, -0.15) is 0 Å². The fourth-order valence-electron chi connectivity index (χ4n) is 2.68. The van der Waals surface area contributed by atoms with Gasteiger partial charge in [0.1, 0.15) is 0 Å². The molecule has 1 atom stereocenters. The summed E-state index contributed by atoms with van der Waals surface area (Å²) in [6.45, 7) is 16.5. The first-order chi connectivity index (χ1) is 6.34. The molecule has 0 fully saturated rings. The van der Waals surface area contributed by atoms with Crippen molar-refractivity contribution in [3.05, 3.63) is 21.9 Å². The lowest BCUT2D eigenvalue weighted by atomic mass is 9.97. The Morgan fingerprint density at radius 3 is 2.07 bits per heavy atom. The van der Waals surface area contributed by atoms with Gasteiger partial charge in [-0.1, -0.05) is 37.2 Å². The fourth-order valence-corrected chi connectivity index (χ4v) is 6.21. The minimum atomic E-state index is -1.01. The standard InChI is InChI=1S/C13H24Si/c1-8-12-13(10(4)9(2)3)11(5)14(12,6)7/h12H,8H2,1-7H3. The van der Waals surface area contributed by atoms with Crippen LogP contribution in [-0.4, -0.2) is 8.07 Å². The normalized spacial score (nSPS) is 24.6. The van der Waals surface area contributed by atoms with Crippen LogP contribution < -0.4 is 0 Å². The molecule has 0 radical (unpaired) electrons. The van der Waals surface area contributed by atoms with E-state index in [1.807, 2.05) is 0 Å². The monoisotopic (exact) mass is 208 g/mol. The minimum Gasteiger partial charge on any atom is -0.0798 e. The molecule has 80 valence electrons. The molecule has 1 aliphatic rings. The van der Waals surface area contributed by atoms with Crippen molar-refractivity contribution in [2.75, 3.05) is 0 Å². The summed E-state index contributed by atoms with van der Waals surface area (Å²) in [6, 6.07) is 0. The molecule has 0 nitrogen and oxygen atoms in total. The minimum absolute atomic E-state index is 0.914. The third kappa shape index (κ3) is 1.52. The van der Waals surface area contributed by atoms with Crippen molar-refractivity contribution in [1.82, 2.24) is 0 Å². The maximum atomic E-state index is 2.51. The molecule has 0 saturated heterocycles. The van der Waals surface area contributed by atoms with Crippen molar-refractivity contribution in [3.63, 3.8) is 0 Å². The predicted molar refractivity (Wildman–Crippen MR) is 68.3 cm³/mol. The third-order valence-electron chi connectivity index (χ3n) is 4.15. The van der Waals surface area contributed by atoms with E-state index in [2.05, 4.69) is 47.7 Å². The second-order valence-corrected chi connectivity index (χ2v) is 10.2. The zero-order valence-corrected chi connectivity index (χ0v) is 11.8. The Morgan fingerprint density at radius 2 is 1.71 bits per heavy atom. The smallest absolute Gasteiger partial charge is 0.0798 e. The molecule has 0 bridgehead atoms. The van der Waals surface area contributed by atoms with Gasteiger partial charge in [-0.25, -0.2) is 0 Å². The summed E-state index contributed by atoms with van der Waals surface area (Å²) in [5.74, 6) is 0. The van der Waals surface area contributed by atoms with E-state index in [1.54, 1.807) is 16.3 Å². The Balaban J connectivity index is 3.14. The topological polar surface area (TPSA) is 0 Å². The van der Waals surface area contributed by atoms with Crippen LogP contribution in [0.1, 0.15) is 41.0 Å². The zero-order chi connectivity index (χ0) is 11.1. The molecule has 1 aliphatic heterocycles. The number of hydrogen-bond acceptors (Lipinski definition) is 0. The van der Waals surface area contributed by atoms with Crippen LogP contribution in [-0.2, 0) is 0 Å². The van der Waals surface area contributed by atoms with Crippen molar-refractivity contribution < 1.29 is 0 Å². The second kappa shape index (κ2) is 3.69. The summed E-state index contributed by atoms with van der Waals surface area (Å²) in [5.41, 5.74) is 5.66. The maximum Gasteiger partial charge on any atom is 0.0828 e. The van der Waals surface area contributed by atoms with Gasteiger partial charge in [0.15, 0.2) is 0 Å². The lowest BCUT2D eigenvalue weighted by molar-refractivity contribution is 0.824. The highest BCUT2D eigenvalue weighted by molar-refractivity contribution is 6.89. The number of hydrogen-bond donors (Lipinski definition) is 0. The van der Waals surface area contributed by atoms with Crippen LogP contribution in [0.5, 0.6) is 0 Å². The highest BCUT2D eigenvalue weighted by Gasteiger charge is 2.45. The third-order valence-corrected chi connectivity index (χ3v) is 8.79. The van der Waals surface area contributed by atoms with Crippen molar-refractivity contribution in [3.8, 4) is 0 Å². The Hall–Kier alpha value is -0.303. The first kappa shape index (κ1) is 11.8.